The van der Waals surface area contributed by atoms with Gasteiger partial charge < -0.3 is 4.74 Å². The number of nitrogens with one attached hydrogen (secondary N) is 1. The van der Waals surface area contributed by atoms with Gasteiger partial charge in [-0.3, -0.25) is 13.8 Å². The minimum atomic E-state index is -3.89. The van der Waals surface area contributed by atoms with E-state index in [4.69, 9.17) is 13.8 Å². The van der Waals surface area contributed by atoms with Crippen LogP contribution in [0, 0.1) is 0 Å². The maximum atomic E-state index is 14.0. The van der Waals surface area contributed by atoms with Crippen molar-refractivity contribution in [2.75, 3.05) is 26.9 Å². The molecule has 0 unspecified atom stereocenters. The number of carbonyl (C=O) groups is 1. The normalized spacial score (nSPS) is 14.0. The third-order valence-corrected chi connectivity index (χ3v) is 8.92. The molecule has 0 aliphatic heterocycles. The van der Waals surface area contributed by atoms with Crippen LogP contribution in [0.3, 0.4) is 0 Å². The number of rotatable bonds is 9. The van der Waals surface area contributed by atoms with E-state index in [9.17, 15) is 9.36 Å². The van der Waals surface area contributed by atoms with Crippen molar-refractivity contribution in [1.82, 2.24) is 5.09 Å². The smallest absolute Gasteiger partial charge is 0.406 e. The largest absolute Gasteiger partial charge is 0.468 e. The van der Waals surface area contributed by atoms with Gasteiger partial charge in [0.1, 0.15) is 6.54 Å². The summed E-state index contributed by atoms with van der Waals surface area (Å²) in [6.45, 7) is -0.0158. The minimum absolute atomic E-state index is 0.104. The van der Waals surface area contributed by atoms with E-state index in [0.29, 0.717) is 0 Å². The predicted molar refractivity (Wildman–Crippen MR) is 147 cm³/mol. The van der Waals surface area contributed by atoms with Crippen molar-refractivity contribution in [2.24, 2.45) is 0 Å². The highest BCUT2D eigenvalue weighted by molar-refractivity contribution is 7.51. The van der Waals surface area contributed by atoms with Gasteiger partial charge >= 0.3 is 13.7 Å². The van der Waals surface area contributed by atoms with Crippen LogP contribution >= 0.6 is 7.75 Å². The molecular weight excluding hydrogens is 497 g/mol. The molecule has 0 amide bonds. The van der Waals surface area contributed by atoms with E-state index in [-0.39, 0.29) is 31.6 Å². The molecule has 0 atom stereocenters. The summed E-state index contributed by atoms with van der Waals surface area (Å²) in [6.07, 6.45) is 0. The summed E-state index contributed by atoms with van der Waals surface area (Å²) in [7, 11) is -2.60. The number of hydrogen-bond donors (Lipinski definition) is 1. The molecule has 4 aromatic rings. The van der Waals surface area contributed by atoms with Crippen molar-refractivity contribution in [3.8, 4) is 22.3 Å². The molecular formula is C31H28NO5P. The molecule has 192 valence electrons. The van der Waals surface area contributed by atoms with Gasteiger partial charge in [0.25, 0.3) is 0 Å². The third-order valence-electron chi connectivity index (χ3n) is 7.39. The summed E-state index contributed by atoms with van der Waals surface area (Å²) < 4.78 is 30.9. The Morgan fingerprint density at radius 2 is 1.00 bits per heavy atom. The van der Waals surface area contributed by atoms with Crippen LogP contribution in [-0.2, 0) is 23.1 Å². The standard InChI is InChI=1S/C31H28NO5P/c1-35-31(33)18-32-38(34,36-19-29-25-14-6-2-10-21(25)22-11-3-7-15-26(22)29)37-20-30-27-16-8-4-12-23(27)24-13-5-9-17-28(24)30/h2-17,29-30H,18-20H2,1H3,(H,32,34). The molecule has 0 heterocycles. The molecule has 6 rings (SSSR count). The van der Waals surface area contributed by atoms with E-state index in [2.05, 4.69) is 53.6 Å². The Kier molecular flexibility index (Phi) is 6.73. The number of hydrogen-bond acceptors (Lipinski definition) is 5. The summed E-state index contributed by atoms with van der Waals surface area (Å²) in [5, 5.41) is 2.73. The quantitative estimate of drug-likeness (QED) is 0.198. The van der Waals surface area contributed by atoms with Gasteiger partial charge in [-0.05, 0) is 44.5 Å². The third kappa shape index (κ3) is 4.50. The maximum absolute atomic E-state index is 14.0. The van der Waals surface area contributed by atoms with Gasteiger partial charge in [0.05, 0.1) is 20.3 Å². The van der Waals surface area contributed by atoms with Gasteiger partial charge in [-0.15, -0.1) is 0 Å². The molecule has 2 aliphatic rings. The van der Waals surface area contributed by atoms with Gasteiger partial charge in [0, 0.05) is 11.8 Å². The van der Waals surface area contributed by atoms with Gasteiger partial charge in [-0.25, -0.2) is 9.65 Å². The van der Waals surface area contributed by atoms with Crippen LogP contribution in [0.1, 0.15) is 34.1 Å². The molecule has 4 aromatic carbocycles. The fourth-order valence-corrected chi connectivity index (χ4v) is 6.86. The first-order valence-corrected chi connectivity index (χ1v) is 14.2. The average molecular weight is 526 g/mol. The lowest BCUT2D eigenvalue weighted by Gasteiger charge is -2.23. The zero-order valence-electron chi connectivity index (χ0n) is 21.0. The van der Waals surface area contributed by atoms with E-state index < -0.39 is 13.7 Å². The Bertz CT molecular complexity index is 1360. The Morgan fingerprint density at radius 1 is 0.658 bits per heavy atom. The lowest BCUT2D eigenvalue weighted by atomic mass is 9.98. The number of fused-ring (bicyclic) bond motifs is 6. The molecule has 2 aliphatic carbocycles. The Labute approximate surface area is 222 Å². The number of ether oxygens (including phenoxy) is 1. The molecule has 0 saturated carbocycles. The van der Waals surface area contributed by atoms with Crippen LogP contribution < -0.4 is 5.09 Å². The zero-order valence-corrected chi connectivity index (χ0v) is 21.9. The van der Waals surface area contributed by atoms with Gasteiger partial charge in [0.2, 0.25) is 0 Å². The highest BCUT2D eigenvalue weighted by atomic mass is 31.2. The molecule has 0 aromatic heterocycles. The van der Waals surface area contributed by atoms with E-state index in [1.807, 2.05) is 48.5 Å². The second kappa shape index (κ2) is 10.3. The van der Waals surface area contributed by atoms with Crippen molar-refractivity contribution >= 4 is 13.7 Å². The summed E-state index contributed by atoms with van der Waals surface area (Å²) in [4.78, 5) is 11.9. The van der Waals surface area contributed by atoms with Crippen LogP contribution in [0.5, 0.6) is 0 Å². The summed E-state index contributed by atoms with van der Waals surface area (Å²) in [6, 6.07) is 32.7. The van der Waals surface area contributed by atoms with Crippen LogP contribution in [0.25, 0.3) is 22.3 Å². The molecule has 0 bridgehead atoms. The Balaban J connectivity index is 1.25. The van der Waals surface area contributed by atoms with Crippen molar-refractivity contribution in [3.05, 3.63) is 119 Å². The highest BCUT2D eigenvalue weighted by Crippen LogP contribution is 2.52. The topological polar surface area (TPSA) is 73.9 Å². The van der Waals surface area contributed by atoms with Gasteiger partial charge in [-0.1, -0.05) is 97.1 Å². The van der Waals surface area contributed by atoms with Crippen molar-refractivity contribution in [3.63, 3.8) is 0 Å². The first-order valence-electron chi connectivity index (χ1n) is 12.7. The van der Waals surface area contributed by atoms with Crippen LogP contribution in [0.15, 0.2) is 97.1 Å². The molecule has 6 nitrogen and oxygen atoms in total. The first kappa shape index (κ1) is 24.8. The summed E-state index contributed by atoms with van der Waals surface area (Å²) in [5.74, 6) is -0.759. The predicted octanol–water partition coefficient (Wildman–Crippen LogP) is 6.52. The molecule has 0 saturated heterocycles. The molecule has 0 spiro atoms. The molecule has 38 heavy (non-hydrogen) atoms. The lowest BCUT2D eigenvalue weighted by Crippen LogP contribution is -2.25. The first-order chi connectivity index (χ1) is 18.6. The lowest BCUT2D eigenvalue weighted by molar-refractivity contribution is -0.139. The fraction of sp³-hybridized carbons (Fsp3) is 0.194. The number of methoxy groups -OCH3 is 1. The van der Waals surface area contributed by atoms with Crippen LogP contribution in [0.2, 0.25) is 0 Å². The van der Waals surface area contributed by atoms with Gasteiger partial charge in [0.15, 0.2) is 0 Å². The van der Waals surface area contributed by atoms with E-state index in [1.54, 1.807) is 0 Å². The van der Waals surface area contributed by atoms with E-state index in [1.165, 1.54) is 7.11 Å². The minimum Gasteiger partial charge on any atom is -0.468 e. The number of carbonyl (C=O) groups excluding carboxylic acids is 1. The van der Waals surface area contributed by atoms with Crippen molar-refractivity contribution < 1.29 is 23.1 Å². The molecule has 0 radical (unpaired) electrons. The second-order valence-corrected chi connectivity index (χ2v) is 11.3. The van der Waals surface area contributed by atoms with Crippen LogP contribution in [0.4, 0.5) is 0 Å². The maximum Gasteiger partial charge on any atom is 0.406 e. The SMILES string of the molecule is COC(=O)CNP(=O)(OCC1c2ccccc2-c2ccccc21)OCC1c2ccccc2-c2ccccc21. The fourth-order valence-electron chi connectivity index (χ4n) is 5.59. The number of esters is 1. The summed E-state index contributed by atoms with van der Waals surface area (Å²) >= 11 is 0. The monoisotopic (exact) mass is 525 g/mol. The molecule has 7 heteroatoms. The Hall–Kier alpha value is -3.54. The second-order valence-electron chi connectivity index (χ2n) is 9.45. The van der Waals surface area contributed by atoms with E-state index >= 15 is 0 Å². The average Bonchev–Trinajstić information content (AvgIpc) is 3.46. The van der Waals surface area contributed by atoms with Crippen molar-refractivity contribution in [1.29, 1.82) is 0 Å². The molecule has 1 N–H and O–H groups in total. The highest BCUT2D eigenvalue weighted by Gasteiger charge is 2.35. The Morgan fingerprint density at radius 3 is 1.34 bits per heavy atom. The number of benzene rings is 4. The molecule has 0 fully saturated rings. The van der Waals surface area contributed by atoms with Crippen molar-refractivity contribution in [2.45, 2.75) is 11.8 Å². The van der Waals surface area contributed by atoms with Crippen LogP contribution in [-0.4, -0.2) is 32.8 Å². The zero-order chi connectivity index (χ0) is 26.1. The van der Waals surface area contributed by atoms with E-state index in [0.717, 1.165) is 44.5 Å². The van der Waals surface area contributed by atoms with Gasteiger partial charge in [-0.2, -0.15) is 0 Å². The summed E-state index contributed by atoms with van der Waals surface area (Å²) in [5.41, 5.74) is 9.06.